The van der Waals surface area contributed by atoms with Gasteiger partial charge in [-0.25, -0.2) is 4.98 Å². The van der Waals surface area contributed by atoms with Crippen LogP contribution in [0.15, 0.2) is 82.7 Å². The first-order chi connectivity index (χ1) is 13.7. The summed E-state index contributed by atoms with van der Waals surface area (Å²) in [5, 5.41) is 14.5. The third-order valence-electron chi connectivity index (χ3n) is 4.29. The molecule has 4 rings (SSSR count). The standard InChI is InChI=1S/C22H17N3O3/c1-28-18-11-9-16(10-12-18)21-24-20-8-3-2-7-19(20)22(27)25(21)23-14-15-5-4-6-17(26)13-15/h2-14,26H,1H3. The van der Waals surface area contributed by atoms with Crippen molar-refractivity contribution in [2.45, 2.75) is 0 Å². The molecule has 0 unspecified atom stereocenters. The molecule has 28 heavy (non-hydrogen) atoms. The van der Waals surface area contributed by atoms with Crippen LogP contribution in [-0.4, -0.2) is 28.1 Å². The summed E-state index contributed by atoms with van der Waals surface area (Å²) in [6.07, 6.45) is 1.52. The molecule has 0 saturated heterocycles. The van der Waals surface area contributed by atoms with Crippen molar-refractivity contribution in [2.75, 3.05) is 7.11 Å². The number of nitrogens with zero attached hydrogens (tertiary/aromatic N) is 3. The molecule has 6 heteroatoms. The zero-order valence-electron chi connectivity index (χ0n) is 15.1. The fourth-order valence-electron chi connectivity index (χ4n) is 2.89. The van der Waals surface area contributed by atoms with Gasteiger partial charge in [-0.05, 0) is 54.1 Å². The van der Waals surface area contributed by atoms with Crippen molar-refractivity contribution in [2.24, 2.45) is 5.10 Å². The Morgan fingerprint density at radius 1 is 1.04 bits per heavy atom. The van der Waals surface area contributed by atoms with Crippen LogP contribution in [0.4, 0.5) is 0 Å². The predicted molar refractivity (Wildman–Crippen MR) is 109 cm³/mol. The lowest BCUT2D eigenvalue weighted by Gasteiger charge is -2.10. The first-order valence-corrected chi connectivity index (χ1v) is 8.65. The van der Waals surface area contributed by atoms with Gasteiger partial charge in [-0.1, -0.05) is 24.3 Å². The van der Waals surface area contributed by atoms with E-state index in [1.807, 2.05) is 18.2 Å². The van der Waals surface area contributed by atoms with E-state index in [2.05, 4.69) is 10.1 Å². The summed E-state index contributed by atoms with van der Waals surface area (Å²) in [6.45, 7) is 0. The van der Waals surface area contributed by atoms with Gasteiger partial charge in [0, 0.05) is 5.56 Å². The summed E-state index contributed by atoms with van der Waals surface area (Å²) < 4.78 is 6.48. The molecular weight excluding hydrogens is 354 g/mol. The number of aromatic nitrogens is 2. The molecule has 0 atom stereocenters. The average molecular weight is 371 g/mol. The van der Waals surface area contributed by atoms with Crippen LogP contribution in [-0.2, 0) is 0 Å². The summed E-state index contributed by atoms with van der Waals surface area (Å²) in [6, 6.07) is 21.1. The van der Waals surface area contributed by atoms with Gasteiger partial charge in [0.2, 0.25) is 0 Å². The Balaban J connectivity index is 1.91. The molecule has 0 amide bonds. The van der Waals surface area contributed by atoms with Gasteiger partial charge in [-0.2, -0.15) is 9.78 Å². The molecule has 0 spiro atoms. The number of para-hydroxylation sites is 1. The first kappa shape index (κ1) is 17.5. The highest BCUT2D eigenvalue weighted by molar-refractivity contribution is 5.82. The highest BCUT2D eigenvalue weighted by atomic mass is 16.5. The van der Waals surface area contributed by atoms with Crippen molar-refractivity contribution in [1.29, 1.82) is 0 Å². The number of phenolic OH excluding ortho intramolecular Hbond substituents is 1. The number of fused-ring (bicyclic) bond motifs is 1. The van der Waals surface area contributed by atoms with Crippen molar-refractivity contribution in [3.05, 3.63) is 88.7 Å². The molecule has 0 aliphatic carbocycles. The Labute approximate surface area is 161 Å². The molecule has 0 bridgehead atoms. The smallest absolute Gasteiger partial charge is 0.282 e. The number of rotatable bonds is 4. The van der Waals surface area contributed by atoms with E-state index in [-0.39, 0.29) is 11.3 Å². The van der Waals surface area contributed by atoms with Crippen LogP contribution in [0.5, 0.6) is 11.5 Å². The van der Waals surface area contributed by atoms with E-state index in [9.17, 15) is 9.90 Å². The molecule has 6 nitrogen and oxygen atoms in total. The van der Waals surface area contributed by atoms with Gasteiger partial charge in [0.25, 0.3) is 5.56 Å². The van der Waals surface area contributed by atoms with Crippen LogP contribution >= 0.6 is 0 Å². The van der Waals surface area contributed by atoms with Crippen LogP contribution in [0.3, 0.4) is 0 Å². The number of hydrogen-bond acceptors (Lipinski definition) is 5. The Bertz CT molecular complexity index is 1230. The molecule has 4 aromatic rings. The highest BCUT2D eigenvalue weighted by Crippen LogP contribution is 2.22. The van der Waals surface area contributed by atoms with Gasteiger partial charge >= 0.3 is 0 Å². The second kappa shape index (κ2) is 7.36. The van der Waals surface area contributed by atoms with Crippen LogP contribution in [0.25, 0.3) is 22.3 Å². The predicted octanol–water partition coefficient (Wildman–Crippen LogP) is 3.66. The Morgan fingerprint density at radius 2 is 1.82 bits per heavy atom. The van der Waals surface area contributed by atoms with Crippen molar-refractivity contribution >= 4 is 17.1 Å². The molecule has 1 aromatic heterocycles. The largest absolute Gasteiger partial charge is 0.508 e. The van der Waals surface area contributed by atoms with E-state index in [1.54, 1.807) is 61.7 Å². The lowest BCUT2D eigenvalue weighted by Crippen LogP contribution is -2.20. The van der Waals surface area contributed by atoms with Crippen molar-refractivity contribution < 1.29 is 9.84 Å². The minimum atomic E-state index is -0.271. The van der Waals surface area contributed by atoms with E-state index in [0.717, 1.165) is 5.56 Å². The molecule has 1 heterocycles. The number of ether oxygens (including phenoxy) is 1. The molecule has 0 aliphatic rings. The molecule has 0 fully saturated rings. The Morgan fingerprint density at radius 3 is 2.57 bits per heavy atom. The fraction of sp³-hybridized carbons (Fsp3) is 0.0455. The van der Waals surface area contributed by atoms with Gasteiger partial charge in [-0.3, -0.25) is 4.79 Å². The highest BCUT2D eigenvalue weighted by Gasteiger charge is 2.12. The lowest BCUT2D eigenvalue weighted by atomic mass is 10.2. The van der Waals surface area contributed by atoms with E-state index in [0.29, 0.717) is 28.0 Å². The molecule has 3 aromatic carbocycles. The molecule has 0 aliphatic heterocycles. The third kappa shape index (κ3) is 3.35. The second-order valence-corrected chi connectivity index (χ2v) is 6.14. The molecule has 138 valence electrons. The SMILES string of the molecule is COc1ccc(-c2nc3ccccc3c(=O)n2N=Cc2cccc(O)c2)cc1. The average Bonchev–Trinajstić information content (AvgIpc) is 2.73. The maximum Gasteiger partial charge on any atom is 0.282 e. The molecule has 0 saturated carbocycles. The zero-order chi connectivity index (χ0) is 19.5. The molecule has 1 N–H and O–H groups in total. The topological polar surface area (TPSA) is 76.7 Å². The number of benzene rings is 3. The van der Waals surface area contributed by atoms with Gasteiger partial charge in [0.1, 0.15) is 11.5 Å². The lowest BCUT2D eigenvalue weighted by molar-refractivity contribution is 0.415. The summed E-state index contributed by atoms with van der Waals surface area (Å²) in [4.78, 5) is 17.7. The van der Waals surface area contributed by atoms with E-state index >= 15 is 0 Å². The number of aromatic hydroxyl groups is 1. The number of methoxy groups -OCH3 is 1. The quantitative estimate of drug-likeness (QED) is 0.556. The van der Waals surface area contributed by atoms with Crippen molar-refractivity contribution in [3.8, 4) is 22.9 Å². The maximum atomic E-state index is 13.1. The van der Waals surface area contributed by atoms with Gasteiger partial charge in [-0.15, -0.1) is 0 Å². The van der Waals surface area contributed by atoms with Crippen LogP contribution < -0.4 is 10.3 Å². The van der Waals surface area contributed by atoms with Crippen LogP contribution in [0.2, 0.25) is 0 Å². The van der Waals surface area contributed by atoms with Crippen LogP contribution in [0.1, 0.15) is 5.56 Å². The van der Waals surface area contributed by atoms with E-state index in [1.165, 1.54) is 10.9 Å². The first-order valence-electron chi connectivity index (χ1n) is 8.65. The number of hydrogen-bond donors (Lipinski definition) is 1. The Hall–Kier alpha value is -3.93. The van der Waals surface area contributed by atoms with Gasteiger partial charge in [0.05, 0.1) is 24.2 Å². The van der Waals surface area contributed by atoms with Crippen molar-refractivity contribution in [3.63, 3.8) is 0 Å². The minimum absolute atomic E-state index is 0.128. The molecule has 0 radical (unpaired) electrons. The van der Waals surface area contributed by atoms with Gasteiger partial charge in [0.15, 0.2) is 5.82 Å². The van der Waals surface area contributed by atoms with E-state index < -0.39 is 0 Å². The monoisotopic (exact) mass is 371 g/mol. The van der Waals surface area contributed by atoms with Crippen molar-refractivity contribution in [1.82, 2.24) is 9.66 Å². The zero-order valence-corrected chi connectivity index (χ0v) is 15.1. The fourth-order valence-corrected chi connectivity index (χ4v) is 2.89. The molecular formula is C22H17N3O3. The van der Waals surface area contributed by atoms with E-state index in [4.69, 9.17) is 4.74 Å². The number of phenols is 1. The van der Waals surface area contributed by atoms with Crippen LogP contribution in [0, 0.1) is 0 Å². The second-order valence-electron chi connectivity index (χ2n) is 6.14. The summed E-state index contributed by atoms with van der Waals surface area (Å²) in [5.41, 5.74) is 1.73. The summed E-state index contributed by atoms with van der Waals surface area (Å²) in [7, 11) is 1.60. The van der Waals surface area contributed by atoms with Gasteiger partial charge < -0.3 is 9.84 Å². The summed E-state index contributed by atoms with van der Waals surface area (Å²) in [5.74, 6) is 1.26. The normalized spacial score (nSPS) is 11.2. The third-order valence-corrected chi connectivity index (χ3v) is 4.29. The minimum Gasteiger partial charge on any atom is -0.508 e. The summed E-state index contributed by atoms with van der Waals surface area (Å²) >= 11 is 0. The maximum absolute atomic E-state index is 13.1. The Kier molecular flexibility index (Phi) is 4.60.